The molecule has 35 heavy (non-hydrogen) atoms. The van der Waals surface area contributed by atoms with E-state index in [0.717, 1.165) is 41.4 Å². The summed E-state index contributed by atoms with van der Waals surface area (Å²) in [5.41, 5.74) is 3.82. The van der Waals surface area contributed by atoms with Gasteiger partial charge in [-0.25, -0.2) is 4.79 Å². The van der Waals surface area contributed by atoms with E-state index in [1.54, 1.807) is 25.3 Å². The molecule has 184 valence electrons. The summed E-state index contributed by atoms with van der Waals surface area (Å²) in [4.78, 5) is 30.8. The van der Waals surface area contributed by atoms with Crippen LogP contribution in [-0.2, 0) is 22.4 Å². The Balaban J connectivity index is 1.55. The van der Waals surface area contributed by atoms with Crippen LogP contribution < -0.4 is 14.8 Å². The molecule has 0 aliphatic heterocycles. The molecule has 0 radical (unpaired) electrons. The van der Waals surface area contributed by atoms with Gasteiger partial charge in [-0.3, -0.25) is 9.78 Å². The van der Waals surface area contributed by atoms with E-state index in [2.05, 4.69) is 26.1 Å². The van der Waals surface area contributed by atoms with Gasteiger partial charge in [-0.15, -0.1) is 0 Å². The first-order chi connectivity index (χ1) is 16.7. The Bertz CT molecular complexity index is 1260. The molecule has 1 heterocycles. The molecule has 1 aromatic heterocycles. The Kier molecular flexibility index (Phi) is 6.96. The largest absolute Gasteiger partial charge is 0.493 e. The van der Waals surface area contributed by atoms with Crippen LogP contribution in [0.2, 0.25) is 0 Å². The van der Waals surface area contributed by atoms with Crippen LogP contribution in [0.3, 0.4) is 0 Å². The standard InChI is InChI=1S/C28H32N2O5/c1-28(2,3)17-10-12-22-20(14-17)26(19-8-6-7-9-21(19)30-22)27(32)35-16-25(31)29-18-11-13-23(33-4)24(15-18)34-5/h6-9,11,13,15,17H,10,12,14,16H2,1-5H3,(H,29,31). The molecule has 7 heteroatoms. The van der Waals surface area contributed by atoms with Crippen molar-refractivity contribution >= 4 is 28.5 Å². The van der Waals surface area contributed by atoms with Crippen molar-refractivity contribution in [2.45, 2.75) is 40.0 Å². The summed E-state index contributed by atoms with van der Waals surface area (Å²) >= 11 is 0. The number of para-hydroxylation sites is 1. The Morgan fingerprint density at radius 1 is 1.06 bits per heavy atom. The zero-order valence-electron chi connectivity index (χ0n) is 20.9. The fourth-order valence-corrected chi connectivity index (χ4v) is 4.68. The van der Waals surface area contributed by atoms with Gasteiger partial charge in [0.05, 0.1) is 25.3 Å². The number of aromatic nitrogens is 1. The number of carbonyl (C=O) groups is 2. The number of fused-ring (bicyclic) bond motifs is 2. The maximum absolute atomic E-state index is 13.4. The van der Waals surface area contributed by atoms with E-state index in [1.807, 2.05) is 24.3 Å². The summed E-state index contributed by atoms with van der Waals surface area (Å²) in [7, 11) is 3.07. The maximum Gasteiger partial charge on any atom is 0.339 e. The van der Waals surface area contributed by atoms with Crippen molar-refractivity contribution in [3.05, 3.63) is 59.3 Å². The van der Waals surface area contributed by atoms with Crippen LogP contribution in [-0.4, -0.2) is 37.7 Å². The summed E-state index contributed by atoms with van der Waals surface area (Å²) < 4.78 is 16.0. The number of hydrogen-bond acceptors (Lipinski definition) is 6. The molecular formula is C28H32N2O5. The highest BCUT2D eigenvalue weighted by molar-refractivity contribution is 6.06. The summed E-state index contributed by atoms with van der Waals surface area (Å²) in [5, 5.41) is 3.49. The number of rotatable bonds is 6. The lowest BCUT2D eigenvalue weighted by Gasteiger charge is -2.35. The number of pyridine rings is 1. The quantitative estimate of drug-likeness (QED) is 0.492. The van der Waals surface area contributed by atoms with E-state index in [-0.39, 0.29) is 5.41 Å². The van der Waals surface area contributed by atoms with E-state index in [9.17, 15) is 9.59 Å². The SMILES string of the molecule is COc1ccc(NC(=O)COC(=O)c2c3c(nc4ccccc24)CCC(C(C)(C)C)C3)cc1OC. The van der Waals surface area contributed by atoms with Crippen molar-refractivity contribution in [1.82, 2.24) is 4.98 Å². The molecule has 0 saturated heterocycles. The first kappa shape index (κ1) is 24.5. The molecule has 1 N–H and O–H groups in total. The van der Waals surface area contributed by atoms with Gasteiger partial charge in [0.25, 0.3) is 5.91 Å². The molecule has 0 spiro atoms. The number of methoxy groups -OCH3 is 2. The number of anilines is 1. The van der Waals surface area contributed by atoms with Crippen molar-refractivity contribution in [1.29, 1.82) is 0 Å². The molecule has 4 rings (SSSR count). The average Bonchev–Trinajstić information content (AvgIpc) is 2.84. The molecule has 7 nitrogen and oxygen atoms in total. The molecular weight excluding hydrogens is 444 g/mol. The zero-order chi connectivity index (χ0) is 25.2. The summed E-state index contributed by atoms with van der Waals surface area (Å²) in [6, 6.07) is 12.6. The molecule has 1 aliphatic carbocycles. The number of aryl methyl sites for hydroxylation is 1. The fourth-order valence-electron chi connectivity index (χ4n) is 4.68. The number of carbonyl (C=O) groups excluding carboxylic acids is 2. The van der Waals surface area contributed by atoms with Gasteiger partial charge in [-0.2, -0.15) is 0 Å². The third-order valence-electron chi connectivity index (χ3n) is 6.69. The van der Waals surface area contributed by atoms with Gasteiger partial charge >= 0.3 is 5.97 Å². The van der Waals surface area contributed by atoms with Crippen molar-refractivity contribution in [3.8, 4) is 11.5 Å². The van der Waals surface area contributed by atoms with E-state index in [1.165, 1.54) is 7.11 Å². The number of nitrogens with one attached hydrogen (secondary N) is 1. The summed E-state index contributed by atoms with van der Waals surface area (Å²) in [6.07, 6.45) is 2.62. The second-order valence-electron chi connectivity index (χ2n) is 9.93. The first-order valence-corrected chi connectivity index (χ1v) is 11.8. The van der Waals surface area contributed by atoms with Gasteiger partial charge in [0.1, 0.15) is 0 Å². The molecule has 0 bridgehead atoms. The molecule has 1 atom stereocenters. The Morgan fingerprint density at radius 3 is 2.51 bits per heavy atom. The van der Waals surface area contributed by atoms with Crippen molar-refractivity contribution in [3.63, 3.8) is 0 Å². The van der Waals surface area contributed by atoms with Crippen molar-refractivity contribution < 1.29 is 23.8 Å². The molecule has 0 fully saturated rings. The topological polar surface area (TPSA) is 86.8 Å². The molecule has 1 aliphatic rings. The van der Waals surface area contributed by atoms with Gasteiger partial charge in [0, 0.05) is 22.8 Å². The van der Waals surface area contributed by atoms with E-state index >= 15 is 0 Å². The number of benzene rings is 2. The normalized spacial score (nSPS) is 15.3. The highest BCUT2D eigenvalue weighted by atomic mass is 16.5. The van der Waals surface area contributed by atoms with Crippen LogP contribution in [0.1, 0.15) is 48.8 Å². The Hall–Kier alpha value is -3.61. The second-order valence-corrected chi connectivity index (χ2v) is 9.93. The van der Waals surface area contributed by atoms with E-state index in [4.69, 9.17) is 19.2 Å². The van der Waals surface area contributed by atoms with Gasteiger partial charge in [-0.05, 0) is 54.4 Å². The minimum Gasteiger partial charge on any atom is -0.493 e. The average molecular weight is 477 g/mol. The number of esters is 1. The van der Waals surface area contributed by atoms with Crippen LogP contribution in [0.15, 0.2) is 42.5 Å². The number of nitrogens with zero attached hydrogens (tertiary/aromatic N) is 1. The highest BCUT2D eigenvalue weighted by Crippen LogP contribution is 2.39. The van der Waals surface area contributed by atoms with Crippen LogP contribution in [0.5, 0.6) is 11.5 Å². The van der Waals surface area contributed by atoms with Crippen LogP contribution in [0, 0.1) is 11.3 Å². The maximum atomic E-state index is 13.4. The zero-order valence-corrected chi connectivity index (χ0v) is 20.9. The lowest BCUT2D eigenvalue weighted by molar-refractivity contribution is -0.119. The van der Waals surface area contributed by atoms with E-state index < -0.39 is 18.5 Å². The molecule has 1 amide bonds. The minimum atomic E-state index is -0.503. The minimum absolute atomic E-state index is 0.115. The lowest BCUT2D eigenvalue weighted by atomic mass is 9.70. The predicted molar refractivity (Wildman–Crippen MR) is 135 cm³/mol. The summed E-state index contributed by atoms with van der Waals surface area (Å²) in [6.45, 7) is 6.29. The Morgan fingerprint density at radius 2 is 1.80 bits per heavy atom. The first-order valence-electron chi connectivity index (χ1n) is 11.8. The number of hydrogen-bond donors (Lipinski definition) is 1. The number of amides is 1. The fraction of sp³-hybridized carbons (Fsp3) is 0.393. The van der Waals surface area contributed by atoms with Crippen LogP contribution in [0.25, 0.3) is 10.9 Å². The van der Waals surface area contributed by atoms with Gasteiger partial charge < -0.3 is 19.5 Å². The number of ether oxygens (including phenoxy) is 3. The third-order valence-corrected chi connectivity index (χ3v) is 6.69. The van der Waals surface area contributed by atoms with Crippen molar-refractivity contribution in [2.24, 2.45) is 11.3 Å². The molecule has 3 aromatic rings. The van der Waals surface area contributed by atoms with E-state index in [0.29, 0.717) is 28.7 Å². The van der Waals surface area contributed by atoms with Crippen LogP contribution >= 0.6 is 0 Å². The predicted octanol–water partition coefficient (Wildman–Crippen LogP) is 5.20. The monoisotopic (exact) mass is 476 g/mol. The van der Waals surface area contributed by atoms with Gasteiger partial charge in [0.15, 0.2) is 18.1 Å². The molecule has 1 unspecified atom stereocenters. The lowest BCUT2D eigenvalue weighted by Crippen LogP contribution is -2.29. The third kappa shape index (κ3) is 5.24. The second kappa shape index (κ2) is 9.94. The Labute approximate surface area is 205 Å². The highest BCUT2D eigenvalue weighted by Gasteiger charge is 2.33. The molecule has 2 aromatic carbocycles. The summed E-state index contributed by atoms with van der Waals surface area (Å²) in [5.74, 6) is 0.533. The smallest absolute Gasteiger partial charge is 0.339 e. The van der Waals surface area contributed by atoms with Gasteiger partial charge in [-0.1, -0.05) is 39.0 Å². The van der Waals surface area contributed by atoms with Gasteiger partial charge in [0.2, 0.25) is 0 Å². The van der Waals surface area contributed by atoms with Crippen molar-refractivity contribution in [2.75, 3.05) is 26.1 Å². The molecule has 0 saturated carbocycles. The van der Waals surface area contributed by atoms with Crippen LogP contribution in [0.4, 0.5) is 5.69 Å².